The van der Waals surface area contributed by atoms with Crippen LogP contribution in [0.15, 0.2) is 57.9 Å². The molecule has 0 saturated carbocycles. The van der Waals surface area contributed by atoms with Crippen molar-refractivity contribution < 1.29 is 14.1 Å². The Balaban J connectivity index is 1.70. The van der Waals surface area contributed by atoms with E-state index in [2.05, 4.69) is 10.5 Å². The van der Waals surface area contributed by atoms with E-state index in [1.165, 1.54) is 0 Å². The summed E-state index contributed by atoms with van der Waals surface area (Å²) in [5, 5.41) is 6.97. The van der Waals surface area contributed by atoms with Gasteiger partial charge in [0.05, 0.1) is 18.4 Å². The van der Waals surface area contributed by atoms with Crippen LogP contribution < -0.4 is 10.1 Å². The molecule has 0 fully saturated rings. The summed E-state index contributed by atoms with van der Waals surface area (Å²) in [6.07, 6.45) is 0. The summed E-state index contributed by atoms with van der Waals surface area (Å²) in [4.78, 5) is 13.7. The molecule has 0 atom stereocenters. The maximum Gasteiger partial charge on any atom is 0.252 e. The van der Waals surface area contributed by atoms with E-state index in [9.17, 15) is 4.79 Å². The third-order valence-electron chi connectivity index (χ3n) is 4.32. The second-order valence-electron chi connectivity index (χ2n) is 6.08. The second kappa shape index (κ2) is 8.77. The first-order chi connectivity index (χ1) is 13.1. The highest BCUT2D eigenvalue weighted by Gasteiger charge is 2.14. The first-order valence-corrected chi connectivity index (χ1v) is 9.62. The number of hydrogen-bond acceptors (Lipinski definition) is 5. The summed E-state index contributed by atoms with van der Waals surface area (Å²) in [6.45, 7) is 4.24. The number of aromatic nitrogens is 1. The molecule has 0 radical (unpaired) electrons. The van der Waals surface area contributed by atoms with Crippen LogP contribution in [0.4, 0.5) is 0 Å². The Morgan fingerprint density at radius 3 is 2.63 bits per heavy atom. The Labute approximate surface area is 163 Å². The molecule has 27 heavy (non-hydrogen) atoms. The average Bonchev–Trinajstić information content (AvgIpc) is 3.02. The molecule has 1 N–H and O–H groups in total. The Bertz CT molecular complexity index is 917. The molecular formula is C21H22N2O3S. The fourth-order valence-corrected chi connectivity index (χ4v) is 3.96. The predicted molar refractivity (Wildman–Crippen MR) is 106 cm³/mol. The normalized spacial score (nSPS) is 10.6. The van der Waals surface area contributed by atoms with Crippen molar-refractivity contribution in [2.75, 3.05) is 7.11 Å². The van der Waals surface area contributed by atoms with E-state index in [0.29, 0.717) is 17.9 Å². The van der Waals surface area contributed by atoms with Gasteiger partial charge < -0.3 is 14.6 Å². The molecule has 0 spiro atoms. The van der Waals surface area contributed by atoms with Crippen molar-refractivity contribution in [2.45, 2.75) is 31.0 Å². The summed E-state index contributed by atoms with van der Waals surface area (Å²) in [6, 6.07) is 15.3. The van der Waals surface area contributed by atoms with Crippen molar-refractivity contribution in [2.24, 2.45) is 0 Å². The topological polar surface area (TPSA) is 64.4 Å². The molecule has 0 unspecified atom stereocenters. The Hall–Kier alpha value is -2.73. The number of carbonyl (C=O) groups excluding carboxylic acids is 1. The minimum absolute atomic E-state index is 0.109. The van der Waals surface area contributed by atoms with Crippen molar-refractivity contribution in [3.8, 4) is 5.75 Å². The zero-order valence-corrected chi connectivity index (χ0v) is 16.4. The summed E-state index contributed by atoms with van der Waals surface area (Å²) in [5.41, 5.74) is 3.56. The number of rotatable bonds is 7. The molecule has 140 valence electrons. The van der Waals surface area contributed by atoms with Gasteiger partial charge >= 0.3 is 0 Å². The number of methoxy groups -OCH3 is 1. The van der Waals surface area contributed by atoms with Crippen molar-refractivity contribution >= 4 is 17.7 Å². The number of benzene rings is 2. The van der Waals surface area contributed by atoms with Gasteiger partial charge in [-0.1, -0.05) is 35.5 Å². The summed E-state index contributed by atoms with van der Waals surface area (Å²) < 4.78 is 10.6. The molecule has 2 aromatic carbocycles. The summed E-state index contributed by atoms with van der Waals surface area (Å²) in [7, 11) is 1.63. The molecule has 5 nitrogen and oxygen atoms in total. The smallest absolute Gasteiger partial charge is 0.252 e. The van der Waals surface area contributed by atoms with Crippen LogP contribution in [-0.4, -0.2) is 18.2 Å². The minimum Gasteiger partial charge on any atom is -0.496 e. The molecule has 0 bridgehead atoms. The lowest BCUT2D eigenvalue weighted by Gasteiger charge is -2.12. The lowest BCUT2D eigenvalue weighted by molar-refractivity contribution is 0.0947. The number of nitrogens with one attached hydrogen (secondary N) is 1. The van der Waals surface area contributed by atoms with Crippen molar-refractivity contribution in [3.63, 3.8) is 0 Å². The van der Waals surface area contributed by atoms with Gasteiger partial charge in [-0.25, -0.2) is 0 Å². The fraction of sp³-hybridized carbons (Fsp3) is 0.238. The van der Waals surface area contributed by atoms with E-state index in [1.54, 1.807) is 18.9 Å². The number of carbonyl (C=O) groups is 1. The number of nitrogens with zero attached hydrogens (tertiary/aromatic N) is 1. The standard InChI is InChI=1S/C21H22N2O3S/c1-14-18(15(2)26-23-14)13-27-20-11-7-5-9-17(20)21(24)22-12-16-8-4-6-10-19(16)25-3/h4-11H,12-13H2,1-3H3,(H,22,24). The van der Waals surface area contributed by atoms with Crippen molar-refractivity contribution in [3.05, 3.63) is 76.7 Å². The van der Waals surface area contributed by atoms with E-state index in [0.717, 1.165) is 33.2 Å². The molecule has 0 saturated heterocycles. The first-order valence-electron chi connectivity index (χ1n) is 8.63. The highest BCUT2D eigenvalue weighted by atomic mass is 32.2. The van der Waals surface area contributed by atoms with Gasteiger partial charge in [0.15, 0.2) is 0 Å². The molecule has 1 heterocycles. The lowest BCUT2D eigenvalue weighted by atomic mass is 10.1. The minimum atomic E-state index is -0.109. The van der Waals surface area contributed by atoms with Gasteiger partial charge in [0.1, 0.15) is 11.5 Å². The van der Waals surface area contributed by atoms with E-state index in [-0.39, 0.29) is 5.91 Å². The van der Waals surface area contributed by atoms with Gasteiger partial charge in [-0.3, -0.25) is 4.79 Å². The largest absolute Gasteiger partial charge is 0.496 e. The van der Waals surface area contributed by atoms with Crippen LogP contribution in [-0.2, 0) is 12.3 Å². The maximum atomic E-state index is 12.7. The Morgan fingerprint density at radius 1 is 1.15 bits per heavy atom. The molecule has 0 aliphatic carbocycles. The second-order valence-corrected chi connectivity index (χ2v) is 7.10. The summed E-state index contributed by atoms with van der Waals surface area (Å²) in [5.74, 6) is 2.18. The third kappa shape index (κ3) is 4.52. The molecule has 3 aromatic rings. The van der Waals surface area contributed by atoms with Crippen LogP contribution in [0.25, 0.3) is 0 Å². The highest BCUT2D eigenvalue weighted by Crippen LogP contribution is 2.29. The Kier molecular flexibility index (Phi) is 6.19. The van der Waals surface area contributed by atoms with E-state index >= 15 is 0 Å². The molecule has 1 aromatic heterocycles. The van der Waals surface area contributed by atoms with Crippen LogP contribution in [0, 0.1) is 13.8 Å². The zero-order chi connectivity index (χ0) is 19.2. The van der Waals surface area contributed by atoms with Gasteiger partial charge in [0.2, 0.25) is 0 Å². The molecule has 0 aliphatic heterocycles. The lowest BCUT2D eigenvalue weighted by Crippen LogP contribution is -2.23. The molecule has 6 heteroatoms. The van der Waals surface area contributed by atoms with Gasteiger partial charge in [-0.05, 0) is 32.0 Å². The van der Waals surface area contributed by atoms with Gasteiger partial charge in [0, 0.05) is 28.3 Å². The van der Waals surface area contributed by atoms with Gasteiger partial charge in [-0.2, -0.15) is 0 Å². The molecule has 0 aliphatic rings. The molecular weight excluding hydrogens is 360 g/mol. The third-order valence-corrected chi connectivity index (χ3v) is 5.42. The number of ether oxygens (including phenoxy) is 1. The van der Waals surface area contributed by atoms with Crippen molar-refractivity contribution in [1.82, 2.24) is 10.5 Å². The number of hydrogen-bond donors (Lipinski definition) is 1. The van der Waals surface area contributed by atoms with E-state index < -0.39 is 0 Å². The van der Waals surface area contributed by atoms with E-state index in [4.69, 9.17) is 9.26 Å². The molecule has 1 amide bonds. The zero-order valence-electron chi connectivity index (χ0n) is 15.6. The number of thioether (sulfide) groups is 1. The SMILES string of the molecule is COc1ccccc1CNC(=O)c1ccccc1SCc1c(C)noc1C. The van der Waals surface area contributed by atoms with Gasteiger partial charge in [-0.15, -0.1) is 11.8 Å². The predicted octanol–water partition coefficient (Wildman–Crippen LogP) is 4.52. The van der Waals surface area contributed by atoms with Crippen molar-refractivity contribution in [1.29, 1.82) is 0 Å². The average molecular weight is 382 g/mol. The van der Waals surface area contributed by atoms with E-state index in [1.807, 2.05) is 62.4 Å². The first kappa shape index (κ1) is 19.0. The quantitative estimate of drug-likeness (QED) is 0.609. The fourth-order valence-electron chi connectivity index (χ4n) is 2.76. The van der Waals surface area contributed by atoms with Crippen LogP contribution in [0.2, 0.25) is 0 Å². The van der Waals surface area contributed by atoms with Gasteiger partial charge in [0.25, 0.3) is 5.91 Å². The van der Waals surface area contributed by atoms with Crippen LogP contribution in [0.1, 0.15) is 32.9 Å². The number of para-hydroxylation sites is 1. The van der Waals surface area contributed by atoms with Crippen LogP contribution in [0.5, 0.6) is 5.75 Å². The van der Waals surface area contributed by atoms with Crippen LogP contribution in [0.3, 0.4) is 0 Å². The number of aryl methyl sites for hydroxylation is 2. The maximum absolute atomic E-state index is 12.7. The summed E-state index contributed by atoms with van der Waals surface area (Å²) >= 11 is 1.61. The van der Waals surface area contributed by atoms with Crippen LogP contribution >= 0.6 is 11.8 Å². The highest BCUT2D eigenvalue weighted by molar-refractivity contribution is 7.98. The molecule has 3 rings (SSSR count). The number of amides is 1. The monoisotopic (exact) mass is 382 g/mol. The Morgan fingerprint density at radius 2 is 1.89 bits per heavy atom.